The van der Waals surface area contributed by atoms with Crippen LogP contribution < -0.4 is 5.43 Å². The van der Waals surface area contributed by atoms with Gasteiger partial charge in [0.05, 0.1) is 28.9 Å². The molecule has 0 spiro atoms. The van der Waals surface area contributed by atoms with Crippen LogP contribution in [0.4, 0.5) is 0 Å². The van der Waals surface area contributed by atoms with E-state index in [1.54, 1.807) is 29.3 Å². The highest BCUT2D eigenvalue weighted by Gasteiger charge is 2.35. The van der Waals surface area contributed by atoms with Crippen LogP contribution in [0.1, 0.15) is 16.6 Å². The molecule has 4 rings (SSSR count). The lowest BCUT2D eigenvalue weighted by Crippen LogP contribution is -2.30. The van der Waals surface area contributed by atoms with Gasteiger partial charge in [-0.2, -0.15) is 0 Å². The van der Waals surface area contributed by atoms with E-state index in [1.165, 1.54) is 18.0 Å². The molecule has 3 heterocycles. The highest BCUT2D eigenvalue weighted by Crippen LogP contribution is 2.38. The fourth-order valence-corrected chi connectivity index (χ4v) is 4.19. The monoisotopic (exact) mass is 372 g/mol. The second-order valence-corrected chi connectivity index (χ2v) is 7.17. The third kappa shape index (κ3) is 3.03. The number of hydrogen-bond acceptors (Lipinski definition) is 5. The first kappa shape index (κ1) is 16.2. The van der Waals surface area contributed by atoms with Gasteiger partial charge in [0, 0.05) is 11.2 Å². The molecule has 0 bridgehead atoms. The Morgan fingerprint density at radius 3 is 2.96 bits per heavy atom. The fraction of sp³-hybridized carbons (Fsp3) is 0.167. The van der Waals surface area contributed by atoms with Crippen molar-refractivity contribution in [3.05, 3.63) is 75.4 Å². The van der Waals surface area contributed by atoms with Gasteiger partial charge in [-0.25, -0.2) is 0 Å². The Hall–Kier alpha value is -2.31. The molecule has 126 valence electrons. The average molecular weight is 373 g/mol. The van der Waals surface area contributed by atoms with Crippen molar-refractivity contribution in [2.45, 2.75) is 11.9 Å². The summed E-state index contributed by atoms with van der Waals surface area (Å²) >= 11 is 7.42. The largest absolute Gasteiger partial charge is 0.464 e. The summed E-state index contributed by atoms with van der Waals surface area (Å²) in [5, 5.41) is 0.495. The number of hydrogen-bond donors (Lipinski definition) is 0. The molecule has 5 nitrogen and oxygen atoms in total. The van der Waals surface area contributed by atoms with E-state index in [4.69, 9.17) is 16.0 Å². The number of thioether (sulfide) groups is 1. The summed E-state index contributed by atoms with van der Waals surface area (Å²) in [6, 6.07) is 10.5. The summed E-state index contributed by atoms with van der Waals surface area (Å²) in [6.45, 7) is 0.352. The number of fused-ring (bicyclic) bond motifs is 1. The van der Waals surface area contributed by atoms with Gasteiger partial charge in [-0.05, 0) is 30.3 Å². The van der Waals surface area contributed by atoms with Gasteiger partial charge in [0.2, 0.25) is 5.91 Å². The number of nitrogens with zero attached hydrogens (tertiary/aromatic N) is 2. The summed E-state index contributed by atoms with van der Waals surface area (Å²) in [5.74, 6) is 0.302. The standard InChI is InChI=1S/C18H13ClN2O3S/c19-11-4-5-15-13(7-11)17(23)14(9-24-15)18-21(16(22)10-25-18)8-12-3-1-2-6-20-12/h1-7,9,18H,8,10H2. The van der Waals surface area contributed by atoms with E-state index in [2.05, 4.69) is 4.98 Å². The van der Waals surface area contributed by atoms with E-state index < -0.39 is 5.37 Å². The van der Waals surface area contributed by atoms with Gasteiger partial charge in [0.1, 0.15) is 17.2 Å². The van der Waals surface area contributed by atoms with Gasteiger partial charge >= 0.3 is 0 Å². The average Bonchev–Trinajstić information content (AvgIpc) is 2.97. The fourth-order valence-electron chi connectivity index (χ4n) is 2.84. The number of pyridine rings is 1. The van der Waals surface area contributed by atoms with E-state index in [1.807, 2.05) is 18.2 Å². The zero-order valence-corrected chi connectivity index (χ0v) is 14.6. The zero-order chi connectivity index (χ0) is 17.4. The highest BCUT2D eigenvalue weighted by atomic mass is 35.5. The van der Waals surface area contributed by atoms with Gasteiger partial charge in [0.25, 0.3) is 0 Å². The molecule has 1 amide bonds. The third-order valence-corrected chi connectivity index (χ3v) is 5.53. The summed E-state index contributed by atoms with van der Waals surface area (Å²) in [6.07, 6.45) is 3.13. The van der Waals surface area contributed by atoms with Crippen molar-refractivity contribution in [1.29, 1.82) is 0 Å². The van der Waals surface area contributed by atoms with Crippen LogP contribution in [0.3, 0.4) is 0 Å². The first-order valence-electron chi connectivity index (χ1n) is 7.65. The second-order valence-electron chi connectivity index (χ2n) is 5.67. The van der Waals surface area contributed by atoms with Crippen LogP contribution in [0.2, 0.25) is 5.02 Å². The van der Waals surface area contributed by atoms with Gasteiger partial charge in [-0.15, -0.1) is 11.8 Å². The zero-order valence-electron chi connectivity index (χ0n) is 13.0. The summed E-state index contributed by atoms with van der Waals surface area (Å²) in [4.78, 5) is 31.1. The molecule has 0 saturated carbocycles. The van der Waals surface area contributed by atoms with E-state index in [0.29, 0.717) is 33.9 Å². The van der Waals surface area contributed by atoms with Crippen molar-refractivity contribution in [2.75, 3.05) is 5.75 Å². The van der Waals surface area contributed by atoms with Crippen LogP contribution >= 0.6 is 23.4 Å². The van der Waals surface area contributed by atoms with Crippen molar-refractivity contribution in [3.8, 4) is 0 Å². The highest BCUT2D eigenvalue weighted by molar-refractivity contribution is 8.00. The first-order valence-corrected chi connectivity index (χ1v) is 9.08. The molecule has 1 fully saturated rings. The maximum atomic E-state index is 12.9. The Bertz CT molecular complexity index is 1010. The van der Waals surface area contributed by atoms with Crippen LogP contribution in [0, 0.1) is 0 Å². The molecule has 1 unspecified atom stereocenters. The van der Waals surface area contributed by atoms with Crippen LogP contribution in [0.15, 0.2) is 58.1 Å². The summed E-state index contributed by atoms with van der Waals surface area (Å²) in [5.41, 5.74) is 1.53. The number of halogens is 1. The minimum atomic E-state index is -0.394. The smallest absolute Gasteiger partial charge is 0.234 e. The molecule has 0 radical (unpaired) electrons. The number of amides is 1. The maximum absolute atomic E-state index is 12.9. The molecular formula is C18H13ClN2O3S. The van der Waals surface area contributed by atoms with Crippen molar-refractivity contribution in [2.24, 2.45) is 0 Å². The number of benzene rings is 1. The first-order chi connectivity index (χ1) is 12.1. The van der Waals surface area contributed by atoms with Crippen molar-refractivity contribution < 1.29 is 9.21 Å². The number of aromatic nitrogens is 1. The van der Waals surface area contributed by atoms with Gasteiger partial charge in [-0.1, -0.05) is 17.7 Å². The Kier molecular flexibility index (Phi) is 4.23. The molecule has 25 heavy (non-hydrogen) atoms. The summed E-state index contributed by atoms with van der Waals surface area (Å²) in [7, 11) is 0. The minimum Gasteiger partial charge on any atom is -0.464 e. The predicted molar refractivity (Wildman–Crippen MR) is 97.5 cm³/mol. The lowest BCUT2D eigenvalue weighted by atomic mass is 10.1. The maximum Gasteiger partial charge on any atom is 0.234 e. The quantitative estimate of drug-likeness (QED) is 0.702. The SMILES string of the molecule is O=C1CSC(c2coc3ccc(Cl)cc3c2=O)N1Cc1ccccn1. The van der Waals surface area contributed by atoms with Crippen molar-refractivity contribution in [3.63, 3.8) is 0 Å². The molecule has 1 aromatic carbocycles. The lowest BCUT2D eigenvalue weighted by Gasteiger charge is -2.23. The Balaban J connectivity index is 1.75. The molecular weight excluding hydrogens is 360 g/mol. The lowest BCUT2D eigenvalue weighted by molar-refractivity contribution is -0.128. The van der Waals surface area contributed by atoms with Crippen LogP contribution in [-0.2, 0) is 11.3 Å². The molecule has 1 saturated heterocycles. The normalized spacial score (nSPS) is 17.4. The second kappa shape index (κ2) is 6.54. The molecule has 2 aromatic heterocycles. The van der Waals surface area contributed by atoms with Gasteiger partial charge < -0.3 is 9.32 Å². The topological polar surface area (TPSA) is 63.4 Å². The molecule has 1 aliphatic heterocycles. The van der Waals surface area contributed by atoms with Crippen LogP contribution in [0.5, 0.6) is 0 Å². The number of carbonyl (C=O) groups excluding carboxylic acids is 1. The van der Waals surface area contributed by atoms with Gasteiger partial charge in [-0.3, -0.25) is 14.6 Å². The van der Waals surface area contributed by atoms with E-state index in [9.17, 15) is 9.59 Å². The Morgan fingerprint density at radius 1 is 1.28 bits per heavy atom. The predicted octanol–water partition coefficient (Wildman–Crippen LogP) is 3.62. The van der Waals surface area contributed by atoms with Gasteiger partial charge in [0.15, 0.2) is 5.43 Å². The van der Waals surface area contributed by atoms with Crippen molar-refractivity contribution >= 4 is 40.2 Å². The molecule has 1 atom stereocenters. The Morgan fingerprint density at radius 2 is 2.16 bits per heavy atom. The number of rotatable bonds is 3. The molecule has 0 aliphatic carbocycles. The molecule has 3 aromatic rings. The summed E-state index contributed by atoms with van der Waals surface area (Å²) < 4.78 is 5.60. The van der Waals surface area contributed by atoms with Crippen molar-refractivity contribution in [1.82, 2.24) is 9.88 Å². The Labute approximate surface area is 152 Å². The number of carbonyl (C=O) groups is 1. The van der Waals surface area contributed by atoms with E-state index >= 15 is 0 Å². The molecule has 1 aliphatic rings. The minimum absolute atomic E-state index is 0.0220. The molecule has 7 heteroatoms. The van der Waals surface area contributed by atoms with Crippen LogP contribution in [0.25, 0.3) is 11.0 Å². The third-order valence-electron chi connectivity index (χ3n) is 4.05. The van der Waals surface area contributed by atoms with Crippen LogP contribution in [-0.4, -0.2) is 21.5 Å². The van der Waals surface area contributed by atoms with E-state index in [0.717, 1.165) is 5.69 Å². The van der Waals surface area contributed by atoms with E-state index in [-0.39, 0.29) is 11.3 Å². The molecule has 0 N–H and O–H groups in total.